The van der Waals surface area contributed by atoms with Crippen molar-refractivity contribution in [1.29, 1.82) is 0 Å². The number of likely N-dealkylation sites (tertiary alicyclic amines) is 1. The number of hydrogen-bond acceptors (Lipinski definition) is 4. The molecule has 2 fully saturated rings. The number of benzene rings is 1. The molecule has 1 aromatic carbocycles. The first kappa shape index (κ1) is 17.4. The SMILES string of the molecule is Cn1c(CN2CCCC2)c(C(=O)C2CO2)c2cc(O)c(C(F)(F)F)cc21. The van der Waals surface area contributed by atoms with Crippen molar-refractivity contribution in [2.45, 2.75) is 31.7 Å². The number of carbonyl (C=O) groups excluding carboxylic acids is 1. The van der Waals surface area contributed by atoms with E-state index >= 15 is 0 Å². The number of epoxide rings is 1. The van der Waals surface area contributed by atoms with Crippen LogP contribution in [-0.2, 0) is 24.5 Å². The van der Waals surface area contributed by atoms with Crippen molar-refractivity contribution in [3.8, 4) is 5.75 Å². The summed E-state index contributed by atoms with van der Waals surface area (Å²) in [6.45, 7) is 2.61. The van der Waals surface area contributed by atoms with Crippen LogP contribution in [0.2, 0.25) is 0 Å². The summed E-state index contributed by atoms with van der Waals surface area (Å²) in [5, 5.41) is 10.2. The van der Waals surface area contributed by atoms with E-state index in [0.29, 0.717) is 29.8 Å². The Morgan fingerprint density at radius 3 is 2.54 bits per heavy atom. The molecule has 1 aromatic heterocycles. The molecule has 0 saturated carbocycles. The smallest absolute Gasteiger partial charge is 0.420 e. The number of hydrogen-bond donors (Lipinski definition) is 1. The summed E-state index contributed by atoms with van der Waals surface area (Å²) < 4.78 is 46.3. The van der Waals surface area contributed by atoms with Crippen LogP contribution in [0.3, 0.4) is 0 Å². The first-order valence-corrected chi connectivity index (χ1v) is 8.57. The molecule has 0 bridgehead atoms. The number of aryl methyl sites for hydroxylation is 1. The van der Waals surface area contributed by atoms with Crippen LogP contribution in [0.25, 0.3) is 10.9 Å². The topological polar surface area (TPSA) is 58.0 Å². The highest BCUT2D eigenvalue weighted by Crippen LogP contribution is 2.41. The van der Waals surface area contributed by atoms with Gasteiger partial charge in [0.05, 0.1) is 17.7 Å². The highest BCUT2D eigenvalue weighted by atomic mass is 19.4. The predicted molar refractivity (Wildman–Crippen MR) is 88.2 cm³/mol. The van der Waals surface area contributed by atoms with E-state index in [4.69, 9.17) is 4.74 Å². The number of carbonyl (C=O) groups is 1. The van der Waals surface area contributed by atoms with Gasteiger partial charge < -0.3 is 14.4 Å². The summed E-state index contributed by atoms with van der Waals surface area (Å²) in [5.74, 6) is -1.10. The van der Waals surface area contributed by atoms with Crippen molar-refractivity contribution in [2.24, 2.45) is 7.05 Å². The van der Waals surface area contributed by atoms with Crippen molar-refractivity contribution in [1.82, 2.24) is 9.47 Å². The van der Waals surface area contributed by atoms with Crippen molar-refractivity contribution in [3.63, 3.8) is 0 Å². The maximum atomic E-state index is 13.2. The van der Waals surface area contributed by atoms with E-state index in [-0.39, 0.29) is 11.3 Å². The van der Waals surface area contributed by atoms with Gasteiger partial charge in [-0.1, -0.05) is 0 Å². The number of ether oxygens (including phenoxy) is 1. The molecule has 26 heavy (non-hydrogen) atoms. The lowest BCUT2D eigenvalue weighted by molar-refractivity contribution is -0.138. The molecule has 0 spiro atoms. The van der Waals surface area contributed by atoms with Crippen molar-refractivity contribution in [2.75, 3.05) is 19.7 Å². The molecular formula is C18H19F3N2O3. The van der Waals surface area contributed by atoms with Gasteiger partial charge in [0.2, 0.25) is 0 Å². The number of phenolic OH excluding ortho intramolecular Hbond substituents is 1. The zero-order valence-corrected chi connectivity index (χ0v) is 14.3. The molecule has 2 aliphatic rings. The van der Waals surface area contributed by atoms with Crippen LogP contribution < -0.4 is 0 Å². The van der Waals surface area contributed by atoms with Gasteiger partial charge in [-0.25, -0.2) is 0 Å². The molecule has 2 aliphatic heterocycles. The number of fused-ring (bicyclic) bond motifs is 1. The zero-order chi connectivity index (χ0) is 18.6. The maximum Gasteiger partial charge on any atom is 0.420 e. The standard InChI is InChI=1S/C18H19F3N2O3/c1-22-12-7-11(18(19,20)21)14(24)6-10(12)16(17(25)15-9-26-15)13(22)8-23-4-2-3-5-23/h6-7,15,24H,2-5,8-9H2,1H3. The van der Waals surface area contributed by atoms with Gasteiger partial charge in [0.1, 0.15) is 11.9 Å². The second-order valence-electron chi connectivity index (χ2n) is 6.93. The fraction of sp³-hybridized carbons (Fsp3) is 0.500. The third kappa shape index (κ3) is 2.87. The molecule has 2 saturated heterocycles. The van der Waals surface area contributed by atoms with Gasteiger partial charge in [-0.15, -0.1) is 0 Å². The van der Waals surface area contributed by atoms with Gasteiger partial charge in [0.25, 0.3) is 0 Å². The molecule has 5 nitrogen and oxygen atoms in total. The van der Waals surface area contributed by atoms with Gasteiger partial charge in [-0.2, -0.15) is 13.2 Å². The molecular weight excluding hydrogens is 349 g/mol. The van der Waals surface area contributed by atoms with E-state index in [1.54, 1.807) is 11.6 Å². The number of aromatic hydroxyl groups is 1. The lowest BCUT2D eigenvalue weighted by atomic mass is 10.0. The lowest BCUT2D eigenvalue weighted by Gasteiger charge is -2.16. The van der Waals surface area contributed by atoms with Crippen molar-refractivity contribution >= 4 is 16.7 Å². The molecule has 1 atom stereocenters. The van der Waals surface area contributed by atoms with Crippen LogP contribution >= 0.6 is 0 Å². The summed E-state index contributed by atoms with van der Waals surface area (Å²) in [6, 6.07) is 1.98. The molecule has 0 radical (unpaired) electrons. The number of alkyl halides is 3. The lowest BCUT2D eigenvalue weighted by Crippen LogP contribution is -2.22. The Labute approximate surface area is 147 Å². The van der Waals surface area contributed by atoms with Crippen LogP contribution in [0.4, 0.5) is 13.2 Å². The monoisotopic (exact) mass is 368 g/mol. The zero-order valence-electron chi connectivity index (χ0n) is 14.3. The van der Waals surface area contributed by atoms with E-state index in [2.05, 4.69) is 4.90 Å². The first-order chi connectivity index (χ1) is 12.3. The normalized spacial score (nSPS) is 20.8. The second-order valence-corrected chi connectivity index (χ2v) is 6.93. The van der Waals surface area contributed by atoms with E-state index in [1.165, 1.54) is 0 Å². The number of rotatable bonds is 4. The average molecular weight is 368 g/mol. The first-order valence-electron chi connectivity index (χ1n) is 8.57. The van der Waals surface area contributed by atoms with Gasteiger partial charge in [-0.3, -0.25) is 9.69 Å². The molecule has 2 aromatic rings. The highest BCUT2D eigenvalue weighted by Gasteiger charge is 2.39. The number of Topliss-reactive ketones (excluding diaryl/α,β-unsaturated/α-hetero) is 1. The third-order valence-corrected chi connectivity index (χ3v) is 5.19. The Hall–Kier alpha value is -2.06. The van der Waals surface area contributed by atoms with Crippen LogP contribution in [-0.4, -0.2) is 46.2 Å². The van der Waals surface area contributed by atoms with Gasteiger partial charge in [-0.05, 0) is 38.1 Å². The number of nitrogens with zero attached hydrogens (tertiary/aromatic N) is 2. The van der Waals surface area contributed by atoms with E-state index in [9.17, 15) is 23.1 Å². The number of phenols is 1. The Morgan fingerprint density at radius 1 is 1.31 bits per heavy atom. The van der Waals surface area contributed by atoms with Gasteiger partial charge in [0.15, 0.2) is 5.78 Å². The van der Waals surface area contributed by atoms with Crippen LogP contribution in [0.1, 0.15) is 34.5 Å². The Bertz CT molecular complexity index is 878. The molecule has 1 unspecified atom stereocenters. The quantitative estimate of drug-likeness (QED) is 0.666. The minimum absolute atomic E-state index is 0.232. The van der Waals surface area contributed by atoms with Crippen molar-refractivity contribution < 1.29 is 27.8 Å². The molecule has 0 aliphatic carbocycles. The fourth-order valence-corrected chi connectivity index (χ4v) is 3.72. The molecule has 0 amide bonds. The Morgan fingerprint density at radius 2 is 1.96 bits per heavy atom. The highest BCUT2D eigenvalue weighted by molar-refractivity contribution is 6.12. The minimum atomic E-state index is -4.67. The maximum absolute atomic E-state index is 13.2. The summed E-state index contributed by atoms with van der Waals surface area (Å²) in [7, 11) is 1.66. The molecule has 140 valence electrons. The van der Waals surface area contributed by atoms with Crippen LogP contribution in [0.15, 0.2) is 12.1 Å². The number of halogens is 3. The van der Waals surface area contributed by atoms with Gasteiger partial charge in [0, 0.05) is 30.2 Å². The summed E-state index contributed by atoms with van der Waals surface area (Å²) in [5.41, 5.74) is 0.218. The van der Waals surface area contributed by atoms with Crippen LogP contribution in [0, 0.1) is 0 Å². The largest absolute Gasteiger partial charge is 0.507 e. The number of aromatic nitrogens is 1. The third-order valence-electron chi connectivity index (χ3n) is 5.19. The second kappa shape index (κ2) is 5.99. The fourth-order valence-electron chi connectivity index (χ4n) is 3.72. The molecule has 8 heteroatoms. The summed E-state index contributed by atoms with van der Waals surface area (Å²) in [4.78, 5) is 14.9. The van der Waals surface area contributed by atoms with Crippen LogP contribution in [0.5, 0.6) is 5.75 Å². The summed E-state index contributed by atoms with van der Waals surface area (Å²) >= 11 is 0. The molecule has 3 heterocycles. The Balaban J connectivity index is 1.90. The minimum Gasteiger partial charge on any atom is -0.507 e. The van der Waals surface area contributed by atoms with Gasteiger partial charge >= 0.3 is 6.18 Å². The average Bonchev–Trinajstić information content (AvgIpc) is 3.23. The van der Waals surface area contributed by atoms with Crippen molar-refractivity contribution in [3.05, 3.63) is 29.0 Å². The Kier molecular flexibility index (Phi) is 4.00. The van der Waals surface area contributed by atoms with E-state index in [1.807, 2.05) is 0 Å². The molecule has 1 N–H and O–H groups in total. The number of ketones is 1. The van der Waals surface area contributed by atoms with E-state index < -0.39 is 23.6 Å². The van der Waals surface area contributed by atoms with E-state index in [0.717, 1.165) is 38.1 Å². The predicted octanol–water partition coefficient (Wildman–Crippen LogP) is 3.08. The summed E-state index contributed by atoms with van der Waals surface area (Å²) in [6.07, 6.45) is -3.07. The molecule has 4 rings (SSSR count).